The average Bonchev–Trinajstić information content (AvgIpc) is 2.27. The van der Waals surface area contributed by atoms with Gasteiger partial charge in [-0.25, -0.2) is 0 Å². The van der Waals surface area contributed by atoms with Gasteiger partial charge in [0.15, 0.2) is 0 Å². The molecule has 100 valence electrons. The molecular formula is C13H23FO2S. The van der Waals surface area contributed by atoms with Gasteiger partial charge < -0.3 is 5.11 Å². The molecule has 0 saturated carbocycles. The summed E-state index contributed by atoms with van der Waals surface area (Å²) in [5, 5.41) is 11.0. The predicted molar refractivity (Wildman–Crippen MR) is 68.2 cm³/mol. The summed E-state index contributed by atoms with van der Waals surface area (Å²) in [6, 6.07) is 0. The Labute approximate surface area is 105 Å². The fraction of sp³-hybridized carbons (Fsp3) is 1.00. The highest BCUT2D eigenvalue weighted by Gasteiger charge is 2.44. The molecule has 17 heavy (non-hydrogen) atoms. The molecule has 0 aromatic rings. The van der Waals surface area contributed by atoms with Crippen molar-refractivity contribution in [1.82, 2.24) is 0 Å². The van der Waals surface area contributed by atoms with Gasteiger partial charge in [-0.05, 0) is 38.5 Å². The lowest BCUT2D eigenvalue weighted by atomic mass is 9.82. The zero-order chi connectivity index (χ0) is 12.3. The highest BCUT2D eigenvalue weighted by atomic mass is 32.2. The van der Waals surface area contributed by atoms with Crippen LogP contribution in [0.2, 0.25) is 0 Å². The van der Waals surface area contributed by atoms with Crippen molar-refractivity contribution in [3.8, 4) is 0 Å². The maximum atomic E-state index is 12.0. The molecule has 2 unspecified atom stereocenters. The van der Waals surface area contributed by atoms with Gasteiger partial charge in [0.25, 0.3) is 0 Å². The first kappa shape index (κ1) is 13.5. The summed E-state index contributed by atoms with van der Waals surface area (Å²) in [4.78, 5) is 0. The van der Waals surface area contributed by atoms with Crippen molar-refractivity contribution in [2.75, 3.05) is 6.67 Å². The predicted octanol–water partition coefficient (Wildman–Crippen LogP) is 2.71. The number of hydrogen-bond acceptors (Lipinski definition) is 2. The van der Waals surface area contributed by atoms with E-state index in [2.05, 4.69) is 0 Å². The summed E-state index contributed by atoms with van der Waals surface area (Å²) in [5.74, 6) is 0. The summed E-state index contributed by atoms with van der Waals surface area (Å²) >= 11 is 0. The standard InChI is InChI=1S/C13H23FO2S/c14-8-3-1-2-7-13(15)9-11-5-4-6-12(10-13)17(11)16/h11-12,15H,1-10H2. The molecule has 0 radical (unpaired) electrons. The Bertz CT molecular complexity index is 267. The Morgan fingerprint density at radius 2 is 1.82 bits per heavy atom. The van der Waals surface area contributed by atoms with Crippen molar-refractivity contribution in [3.05, 3.63) is 0 Å². The van der Waals surface area contributed by atoms with Crippen LogP contribution in [0, 0.1) is 0 Å². The molecule has 2 saturated heterocycles. The second-order valence-corrected chi connectivity index (χ2v) is 7.63. The maximum Gasteiger partial charge on any atom is 0.0894 e. The quantitative estimate of drug-likeness (QED) is 0.774. The Balaban J connectivity index is 1.86. The van der Waals surface area contributed by atoms with Crippen molar-refractivity contribution in [2.24, 2.45) is 0 Å². The highest BCUT2D eigenvalue weighted by Crippen LogP contribution is 2.41. The molecule has 2 aliphatic rings. The molecule has 2 heterocycles. The molecule has 1 N–H and O–H groups in total. The van der Waals surface area contributed by atoms with Gasteiger partial charge in [0, 0.05) is 21.3 Å². The Hall–Kier alpha value is 0.0400. The number of hydrogen-bond donors (Lipinski definition) is 1. The molecule has 0 amide bonds. The molecule has 2 nitrogen and oxygen atoms in total. The van der Waals surface area contributed by atoms with Crippen LogP contribution in [0.5, 0.6) is 0 Å². The summed E-state index contributed by atoms with van der Waals surface area (Å²) in [6.07, 6.45) is 7.71. The van der Waals surface area contributed by atoms with Crippen LogP contribution in [-0.2, 0) is 10.8 Å². The fourth-order valence-electron chi connectivity index (χ4n) is 3.31. The van der Waals surface area contributed by atoms with Crippen molar-refractivity contribution >= 4 is 10.8 Å². The van der Waals surface area contributed by atoms with Gasteiger partial charge in [-0.2, -0.15) is 0 Å². The number of fused-ring (bicyclic) bond motifs is 2. The van der Waals surface area contributed by atoms with Crippen LogP contribution in [0.15, 0.2) is 0 Å². The largest absolute Gasteiger partial charge is 0.390 e. The lowest BCUT2D eigenvalue weighted by molar-refractivity contribution is 0.000813. The number of alkyl halides is 1. The average molecular weight is 262 g/mol. The maximum absolute atomic E-state index is 12.0. The molecule has 2 fully saturated rings. The van der Waals surface area contributed by atoms with E-state index in [0.717, 1.165) is 32.1 Å². The second kappa shape index (κ2) is 5.79. The Morgan fingerprint density at radius 3 is 2.41 bits per heavy atom. The van der Waals surface area contributed by atoms with E-state index < -0.39 is 16.4 Å². The highest BCUT2D eigenvalue weighted by molar-refractivity contribution is 7.86. The summed E-state index contributed by atoms with van der Waals surface area (Å²) in [6.45, 7) is -0.256. The summed E-state index contributed by atoms with van der Waals surface area (Å²) in [5.41, 5.74) is -0.611. The molecule has 0 aromatic carbocycles. The van der Waals surface area contributed by atoms with Crippen molar-refractivity contribution in [3.63, 3.8) is 0 Å². The van der Waals surface area contributed by atoms with Gasteiger partial charge in [0.05, 0.1) is 12.3 Å². The van der Waals surface area contributed by atoms with Crippen LogP contribution in [-0.4, -0.2) is 32.1 Å². The third-order valence-electron chi connectivity index (χ3n) is 4.20. The van der Waals surface area contributed by atoms with E-state index in [9.17, 15) is 13.7 Å². The third kappa shape index (κ3) is 3.28. The molecule has 0 aliphatic carbocycles. The lowest BCUT2D eigenvalue weighted by Gasteiger charge is -2.43. The van der Waals surface area contributed by atoms with Gasteiger partial charge in [-0.1, -0.05) is 19.3 Å². The van der Waals surface area contributed by atoms with E-state index in [4.69, 9.17) is 0 Å². The van der Waals surface area contributed by atoms with E-state index >= 15 is 0 Å². The zero-order valence-corrected chi connectivity index (χ0v) is 11.2. The van der Waals surface area contributed by atoms with Gasteiger partial charge in [-0.15, -0.1) is 0 Å². The third-order valence-corrected chi connectivity index (χ3v) is 6.32. The van der Waals surface area contributed by atoms with E-state index in [1.54, 1.807) is 0 Å². The molecule has 0 spiro atoms. The van der Waals surface area contributed by atoms with E-state index in [0.29, 0.717) is 19.3 Å². The van der Waals surface area contributed by atoms with Gasteiger partial charge in [0.1, 0.15) is 0 Å². The normalized spacial score (nSPS) is 41.4. The minimum atomic E-state index is -0.711. The van der Waals surface area contributed by atoms with Crippen molar-refractivity contribution in [2.45, 2.75) is 73.9 Å². The van der Waals surface area contributed by atoms with Crippen LogP contribution >= 0.6 is 0 Å². The van der Waals surface area contributed by atoms with Gasteiger partial charge in [0.2, 0.25) is 0 Å². The summed E-state index contributed by atoms with van der Waals surface area (Å²) < 4.78 is 24.0. The molecule has 2 rings (SSSR count). The molecule has 2 bridgehead atoms. The number of unbranched alkanes of at least 4 members (excludes halogenated alkanes) is 2. The first-order valence-corrected chi connectivity index (χ1v) is 8.10. The van der Waals surface area contributed by atoms with E-state index in [-0.39, 0.29) is 17.2 Å². The zero-order valence-electron chi connectivity index (χ0n) is 10.4. The van der Waals surface area contributed by atoms with E-state index in [1.165, 1.54) is 6.42 Å². The minimum absolute atomic E-state index is 0.216. The molecule has 4 heteroatoms. The molecular weight excluding hydrogens is 239 g/mol. The topological polar surface area (TPSA) is 37.3 Å². The second-order valence-electron chi connectivity index (χ2n) is 5.64. The van der Waals surface area contributed by atoms with Crippen molar-refractivity contribution in [1.29, 1.82) is 0 Å². The van der Waals surface area contributed by atoms with Gasteiger partial charge in [-0.3, -0.25) is 8.60 Å². The van der Waals surface area contributed by atoms with Crippen LogP contribution < -0.4 is 0 Å². The number of halogens is 1. The van der Waals surface area contributed by atoms with Crippen molar-refractivity contribution < 1.29 is 13.7 Å². The van der Waals surface area contributed by atoms with Crippen LogP contribution in [0.4, 0.5) is 4.39 Å². The minimum Gasteiger partial charge on any atom is -0.390 e. The smallest absolute Gasteiger partial charge is 0.0894 e. The Morgan fingerprint density at radius 1 is 1.18 bits per heavy atom. The van der Waals surface area contributed by atoms with Gasteiger partial charge >= 0.3 is 0 Å². The fourth-order valence-corrected chi connectivity index (χ4v) is 5.60. The lowest BCUT2D eigenvalue weighted by Crippen LogP contribution is -2.48. The van der Waals surface area contributed by atoms with Crippen LogP contribution in [0.25, 0.3) is 0 Å². The molecule has 2 aliphatic heterocycles. The monoisotopic (exact) mass is 262 g/mol. The molecule has 0 aromatic heterocycles. The first-order chi connectivity index (χ1) is 8.14. The molecule has 2 atom stereocenters. The SMILES string of the molecule is O=S1C2CCCC1CC(O)(CCCCCF)C2. The number of rotatable bonds is 5. The van der Waals surface area contributed by atoms with E-state index in [1.807, 2.05) is 0 Å². The first-order valence-electron chi connectivity index (χ1n) is 6.82. The number of aliphatic hydroxyl groups is 1. The van der Waals surface area contributed by atoms with Crippen LogP contribution in [0.1, 0.15) is 57.8 Å². The Kier molecular flexibility index (Phi) is 4.59. The van der Waals surface area contributed by atoms with Crippen LogP contribution in [0.3, 0.4) is 0 Å². The summed E-state index contributed by atoms with van der Waals surface area (Å²) in [7, 11) is -0.711.